The van der Waals surface area contributed by atoms with E-state index in [-0.39, 0.29) is 10.8 Å². The van der Waals surface area contributed by atoms with Gasteiger partial charge in [-0.1, -0.05) is 17.7 Å². The first kappa shape index (κ1) is 17.9. The van der Waals surface area contributed by atoms with E-state index in [9.17, 15) is 13.2 Å². The average Bonchev–Trinajstić information content (AvgIpc) is 2.97. The average molecular weight is 339 g/mol. The molecule has 0 aromatic heterocycles. The molecule has 23 heavy (non-hydrogen) atoms. The van der Waals surface area contributed by atoms with Gasteiger partial charge in [0.05, 0.1) is 4.90 Å². The fraction of sp³-hybridized carbons (Fsp3) is 0.562. The van der Waals surface area contributed by atoms with Crippen LogP contribution in [0.25, 0.3) is 0 Å². The summed E-state index contributed by atoms with van der Waals surface area (Å²) in [5.74, 6) is -0.208. The molecule has 128 valence electrons. The van der Waals surface area contributed by atoms with Gasteiger partial charge >= 0.3 is 0 Å². The zero-order valence-corrected chi connectivity index (χ0v) is 14.8. The van der Waals surface area contributed by atoms with Crippen molar-refractivity contribution < 1.29 is 13.2 Å². The van der Waals surface area contributed by atoms with Crippen molar-refractivity contribution in [2.75, 3.05) is 33.7 Å². The van der Waals surface area contributed by atoms with Gasteiger partial charge in [0, 0.05) is 19.6 Å². The molecule has 1 N–H and O–H groups in total. The molecule has 1 atom stereocenters. The largest absolute Gasteiger partial charge is 0.353 e. The second-order valence-electron chi connectivity index (χ2n) is 6.18. The summed E-state index contributed by atoms with van der Waals surface area (Å²) in [6.07, 6.45) is 1.27. The number of hydrogen-bond donors (Lipinski definition) is 1. The number of benzene rings is 1. The van der Waals surface area contributed by atoms with Gasteiger partial charge in [-0.15, -0.1) is 0 Å². The van der Waals surface area contributed by atoms with Crippen LogP contribution in [-0.4, -0.2) is 63.3 Å². The molecule has 1 heterocycles. The number of aryl methyl sites for hydroxylation is 1. The molecule has 0 spiro atoms. The van der Waals surface area contributed by atoms with Gasteiger partial charge in [0.2, 0.25) is 15.9 Å². The number of amides is 1. The number of nitrogens with zero attached hydrogens (tertiary/aromatic N) is 2. The summed E-state index contributed by atoms with van der Waals surface area (Å²) >= 11 is 0. The molecule has 0 radical (unpaired) electrons. The Hall–Kier alpha value is -1.44. The summed E-state index contributed by atoms with van der Waals surface area (Å²) in [5.41, 5.74) is 1.00. The van der Waals surface area contributed by atoms with Crippen LogP contribution in [-0.2, 0) is 14.8 Å². The van der Waals surface area contributed by atoms with Gasteiger partial charge in [0.1, 0.15) is 6.04 Å². The number of carbonyl (C=O) groups excluding carboxylic acids is 1. The third kappa shape index (κ3) is 4.31. The first-order valence-corrected chi connectivity index (χ1v) is 9.27. The van der Waals surface area contributed by atoms with Gasteiger partial charge in [-0.2, -0.15) is 4.31 Å². The maximum atomic E-state index is 12.8. The van der Waals surface area contributed by atoms with E-state index in [2.05, 4.69) is 5.32 Å². The van der Waals surface area contributed by atoms with Crippen molar-refractivity contribution in [3.63, 3.8) is 0 Å². The van der Waals surface area contributed by atoms with Crippen LogP contribution in [0.15, 0.2) is 29.2 Å². The molecular weight excluding hydrogens is 314 g/mol. The monoisotopic (exact) mass is 339 g/mol. The maximum absolute atomic E-state index is 12.8. The van der Waals surface area contributed by atoms with E-state index < -0.39 is 16.1 Å². The number of sulfonamides is 1. The molecule has 1 saturated heterocycles. The highest BCUT2D eigenvalue weighted by molar-refractivity contribution is 7.89. The molecule has 1 aliphatic heterocycles. The molecule has 0 unspecified atom stereocenters. The quantitative estimate of drug-likeness (QED) is 0.833. The molecule has 1 aliphatic rings. The van der Waals surface area contributed by atoms with Crippen LogP contribution < -0.4 is 5.32 Å². The second-order valence-corrected chi connectivity index (χ2v) is 8.07. The van der Waals surface area contributed by atoms with Crippen LogP contribution in [0, 0.1) is 6.92 Å². The number of nitrogens with one attached hydrogen (secondary N) is 1. The molecule has 6 nitrogen and oxygen atoms in total. The summed E-state index contributed by atoms with van der Waals surface area (Å²) in [6.45, 7) is 3.54. The van der Waals surface area contributed by atoms with E-state index in [1.807, 2.05) is 25.9 Å². The Morgan fingerprint density at radius 1 is 1.30 bits per heavy atom. The fourth-order valence-electron chi connectivity index (χ4n) is 2.66. The second kappa shape index (κ2) is 7.42. The molecule has 0 aliphatic carbocycles. The topological polar surface area (TPSA) is 69.7 Å². The Bertz CT molecular complexity index is 641. The van der Waals surface area contributed by atoms with Gasteiger partial charge < -0.3 is 10.2 Å². The van der Waals surface area contributed by atoms with Gasteiger partial charge in [0.25, 0.3) is 0 Å². The number of rotatable bonds is 6. The molecule has 2 rings (SSSR count). The van der Waals surface area contributed by atoms with E-state index in [0.717, 1.165) is 12.1 Å². The first-order valence-electron chi connectivity index (χ1n) is 7.83. The van der Waals surface area contributed by atoms with Gasteiger partial charge in [-0.3, -0.25) is 4.79 Å². The summed E-state index contributed by atoms with van der Waals surface area (Å²) in [7, 11) is 0.224. The Balaban J connectivity index is 2.11. The third-order valence-electron chi connectivity index (χ3n) is 3.99. The summed E-state index contributed by atoms with van der Waals surface area (Å²) in [4.78, 5) is 14.5. The molecule has 1 aromatic rings. The van der Waals surface area contributed by atoms with Crippen LogP contribution >= 0.6 is 0 Å². The molecule has 1 fully saturated rings. The van der Waals surface area contributed by atoms with Crippen molar-refractivity contribution in [3.8, 4) is 0 Å². The van der Waals surface area contributed by atoms with Crippen LogP contribution in [0.2, 0.25) is 0 Å². The Labute approximate surface area is 138 Å². The van der Waals surface area contributed by atoms with Crippen LogP contribution in [0.4, 0.5) is 0 Å². The Kier molecular flexibility index (Phi) is 5.78. The van der Waals surface area contributed by atoms with E-state index in [1.54, 1.807) is 24.3 Å². The zero-order valence-electron chi connectivity index (χ0n) is 13.9. The lowest BCUT2D eigenvalue weighted by Crippen LogP contribution is -2.47. The highest BCUT2D eigenvalue weighted by atomic mass is 32.2. The van der Waals surface area contributed by atoms with E-state index in [0.29, 0.717) is 25.9 Å². The molecule has 7 heteroatoms. The normalized spacial score (nSPS) is 19.2. The van der Waals surface area contributed by atoms with Crippen LogP contribution in [0.1, 0.15) is 18.4 Å². The molecule has 1 aromatic carbocycles. The van der Waals surface area contributed by atoms with E-state index in [1.165, 1.54) is 4.31 Å². The molecule has 0 saturated carbocycles. The van der Waals surface area contributed by atoms with Gasteiger partial charge in [-0.25, -0.2) is 8.42 Å². The van der Waals surface area contributed by atoms with Crippen LogP contribution in [0.5, 0.6) is 0 Å². The fourth-order valence-corrected chi connectivity index (χ4v) is 4.31. The zero-order chi connectivity index (χ0) is 17.0. The first-order chi connectivity index (χ1) is 10.8. The van der Waals surface area contributed by atoms with Crippen molar-refractivity contribution in [1.82, 2.24) is 14.5 Å². The standard InChI is InChI=1S/C16H25N3O3S/c1-13-6-8-14(9-7-13)23(21,22)19-11-4-5-15(19)16(20)17-10-12-18(2)3/h6-9,15H,4-5,10-12H2,1-3H3,(H,17,20)/t15-/m1/s1. The Morgan fingerprint density at radius 2 is 1.96 bits per heavy atom. The van der Waals surface area contributed by atoms with Crippen LogP contribution in [0.3, 0.4) is 0 Å². The number of hydrogen-bond acceptors (Lipinski definition) is 4. The lowest BCUT2D eigenvalue weighted by molar-refractivity contribution is -0.124. The predicted octanol–water partition coefficient (Wildman–Crippen LogP) is 0.826. The predicted molar refractivity (Wildman–Crippen MR) is 89.7 cm³/mol. The maximum Gasteiger partial charge on any atom is 0.243 e. The summed E-state index contributed by atoms with van der Waals surface area (Å²) in [6, 6.07) is 6.14. The minimum Gasteiger partial charge on any atom is -0.353 e. The van der Waals surface area contributed by atoms with Crippen molar-refractivity contribution in [3.05, 3.63) is 29.8 Å². The summed E-state index contributed by atoms with van der Waals surface area (Å²) < 4.78 is 26.9. The Morgan fingerprint density at radius 3 is 2.57 bits per heavy atom. The van der Waals surface area contributed by atoms with Crippen molar-refractivity contribution >= 4 is 15.9 Å². The van der Waals surface area contributed by atoms with E-state index in [4.69, 9.17) is 0 Å². The van der Waals surface area contributed by atoms with Crippen molar-refractivity contribution in [2.45, 2.75) is 30.7 Å². The van der Waals surface area contributed by atoms with Crippen molar-refractivity contribution in [2.24, 2.45) is 0 Å². The third-order valence-corrected chi connectivity index (χ3v) is 5.91. The minimum absolute atomic E-state index is 0.208. The highest BCUT2D eigenvalue weighted by Gasteiger charge is 2.39. The molecule has 0 bridgehead atoms. The summed E-state index contributed by atoms with van der Waals surface area (Å²) in [5, 5.41) is 2.83. The van der Waals surface area contributed by atoms with Gasteiger partial charge in [0.15, 0.2) is 0 Å². The minimum atomic E-state index is -3.63. The van der Waals surface area contributed by atoms with Gasteiger partial charge in [-0.05, 0) is 46.0 Å². The SMILES string of the molecule is Cc1ccc(S(=O)(=O)N2CCC[C@@H]2C(=O)NCCN(C)C)cc1. The molecular formula is C16H25N3O3S. The number of likely N-dealkylation sites (N-methyl/N-ethyl adjacent to an activating group) is 1. The lowest BCUT2D eigenvalue weighted by atomic mass is 10.2. The highest BCUT2D eigenvalue weighted by Crippen LogP contribution is 2.26. The smallest absolute Gasteiger partial charge is 0.243 e. The lowest BCUT2D eigenvalue weighted by Gasteiger charge is -2.23. The van der Waals surface area contributed by atoms with Crippen molar-refractivity contribution in [1.29, 1.82) is 0 Å². The van der Waals surface area contributed by atoms with E-state index >= 15 is 0 Å². The molecule has 1 amide bonds. The number of carbonyl (C=O) groups is 1.